The Bertz CT molecular complexity index is 820. The Labute approximate surface area is 139 Å². The molecule has 0 saturated carbocycles. The molecule has 1 atom stereocenters. The van der Waals surface area contributed by atoms with Gasteiger partial charge in [0, 0.05) is 0 Å². The normalized spacial score (nSPS) is 16.0. The quantitative estimate of drug-likeness (QED) is 0.811. The maximum absolute atomic E-state index is 13.6. The van der Waals surface area contributed by atoms with E-state index in [1.54, 1.807) is 12.1 Å². The zero-order valence-corrected chi connectivity index (χ0v) is 13.4. The van der Waals surface area contributed by atoms with Crippen LogP contribution in [0, 0.1) is 19.7 Å². The molecule has 1 heterocycles. The maximum Gasteiger partial charge on any atom is 0.247 e. The minimum Gasteiger partial charge on any atom is -0.372 e. The first-order valence-corrected chi connectivity index (χ1v) is 7.67. The summed E-state index contributed by atoms with van der Waals surface area (Å²) in [4.78, 5) is 24.3. The van der Waals surface area contributed by atoms with Crippen LogP contribution in [0.5, 0.6) is 0 Å². The maximum atomic E-state index is 13.6. The minimum atomic E-state index is -0.702. The van der Waals surface area contributed by atoms with Gasteiger partial charge in [-0.3, -0.25) is 9.59 Å². The molecule has 3 rings (SSSR count). The van der Waals surface area contributed by atoms with Crippen LogP contribution in [0.4, 0.5) is 21.5 Å². The van der Waals surface area contributed by atoms with Crippen LogP contribution in [-0.2, 0) is 9.59 Å². The summed E-state index contributed by atoms with van der Waals surface area (Å²) in [5, 5.41) is 8.37. The van der Waals surface area contributed by atoms with E-state index in [2.05, 4.69) is 16.0 Å². The molecule has 1 aliphatic rings. The molecule has 3 N–H and O–H groups in total. The van der Waals surface area contributed by atoms with Crippen molar-refractivity contribution in [2.24, 2.45) is 0 Å². The fraction of sp³-hybridized carbons (Fsp3) is 0.222. The first-order chi connectivity index (χ1) is 11.4. The van der Waals surface area contributed by atoms with E-state index < -0.39 is 17.8 Å². The number of para-hydroxylation sites is 1. The number of anilines is 3. The van der Waals surface area contributed by atoms with Gasteiger partial charge in [-0.15, -0.1) is 0 Å². The lowest BCUT2D eigenvalue weighted by molar-refractivity contribution is -0.122. The predicted octanol–water partition coefficient (Wildman–Crippen LogP) is 3.20. The SMILES string of the molecule is Cc1cc2c(cc1C)N[C@H](CC(=O)Nc1ccccc1F)C(=O)N2. The van der Waals surface area contributed by atoms with E-state index in [-0.39, 0.29) is 18.0 Å². The van der Waals surface area contributed by atoms with Crippen molar-refractivity contribution in [3.8, 4) is 0 Å². The van der Waals surface area contributed by atoms with Gasteiger partial charge in [-0.1, -0.05) is 12.1 Å². The molecule has 0 fully saturated rings. The summed E-state index contributed by atoms with van der Waals surface area (Å²) in [5.74, 6) is -1.22. The van der Waals surface area contributed by atoms with Crippen LogP contribution in [0.1, 0.15) is 17.5 Å². The van der Waals surface area contributed by atoms with Crippen LogP contribution >= 0.6 is 0 Å². The highest BCUT2D eigenvalue weighted by Gasteiger charge is 2.28. The standard InChI is InChI=1S/C18H18FN3O2/c1-10-7-14-15(8-11(10)2)22-18(24)16(20-14)9-17(23)21-13-6-4-3-5-12(13)19/h3-8,16,20H,9H2,1-2H3,(H,21,23)(H,22,24)/t16-/m1/s1. The van der Waals surface area contributed by atoms with Crippen molar-refractivity contribution in [1.29, 1.82) is 0 Å². The second-order valence-electron chi connectivity index (χ2n) is 5.90. The molecule has 2 aromatic carbocycles. The number of benzene rings is 2. The Hall–Kier alpha value is -2.89. The average molecular weight is 327 g/mol. The molecule has 0 radical (unpaired) electrons. The number of hydrogen-bond donors (Lipinski definition) is 3. The molecule has 0 spiro atoms. The van der Waals surface area contributed by atoms with Crippen LogP contribution in [0.15, 0.2) is 36.4 Å². The third-order valence-electron chi connectivity index (χ3n) is 4.08. The van der Waals surface area contributed by atoms with Gasteiger partial charge in [-0.05, 0) is 49.2 Å². The van der Waals surface area contributed by atoms with Gasteiger partial charge >= 0.3 is 0 Å². The van der Waals surface area contributed by atoms with Gasteiger partial charge in [0.15, 0.2) is 0 Å². The summed E-state index contributed by atoms with van der Waals surface area (Å²) in [6.45, 7) is 3.95. The first kappa shape index (κ1) is 16.0. The van der Waals surface area contributed by atoms with Gasteiger partial charge in [-0.25, -0.2) is 4.39 Å². The molecule has 124 valence electrons. The topological polar surface area (TPSA) is 70.2 Å². The molecule has 0 saturated heterocycles. The Morgan fingerprint density at radius 3 is 2.54 bits per heavy atom. The van der Waals surface area contributed by atoms with Crippen molar-refractivity contribution in [2.45, 2.75) is 26.3 Å². The Kier molecular flexibility index (Phi) is 4.20. The van der Waals surface area contributed by atoms with Gasteiger partial charge in [0.05, 0.1) is 23.5 Å². The molecular formula is C18H18FN3O2. The highest BCUT2D eigenvalue weighted by atomic mass is 19.1. The van der Waals surface area contributed by atoms with Gasteiger partial charge in [0.25, 0.3) is 0 Å². The largest absolute Gasteiger partial charge is 0.372 e. The van der Waals surface area contributed by atoms with Gasteiger partial charge in [-0.2, -0.15) is 0 Å². The van der Waals surface area contributed by atoms with Crippen LogP contribution in [-0.4, -0.2) is 17.9 Å². The van der Waals surface area contributed by atoms with Crippen LogP contribution < -0.4 is 16.0 Å². The smallest absolute Gasteiger partial charge is 0.247 e. The second kappa shape index (κ2) is 6.31. The summed E-state index contributed by atoms with van der Waals surface area (Å²) in [6.07, 6.45) is -0.0907. The third-order valence-corrected chi connectivity index (χ3v) is 4.08. The highest BCUT2D eigenvalue weighted by Crippen LogP contribution is 2.30. The lowest BCUT2D eigenvalue weighted by Gasteiger charge is -2.27. The van der Waals surface area contributed by atoms with Crippen molar-refractivity contribution < 1.29 is 14.0 Å². The molecule has 0 aromatic heterocycles. The molecule has 2 amide bonds. The van der Waals surface area contributed by atoms with E-state index in [9.17, 15) is 14.0 Å². The van der Waals surface area contributed by atoms with E-state index in [4.69, 9.17) is 0 Å². The van der Waals surface area contributed by atoms with Crippen molar-refractivity contribution in [3.05, 3.63) is 53.3 Å². The van der Waals surface area contributed by atoms with E-state index in [0.717, 1.165) is 16.8 Å². The molecule has 1 aliphatic heterocycles. The summed E-state index contributed by atoms with van der Waals surface area (Å²) in [5.41, 5.74) is 3.75. The number of carbonyl (C=O) groups is 2. The fourth-order valence-corrected chi connectivity index (χ4v) is 2.61. The van der Waals surface area contributed by atoms with Gasteiger partial charge in [0.1, 0.15) is 11.9 Å². The molecule has 2 aromatic rings. The lowest BCUT2D eigenvalue weighted by atomic mass is 10.0. The lowest BCUT2D eigenvalue weighted by Crippen LogP contribution is -2.41. The van der Waals surface area contributed by atoms with Crippen molar-refractivity contribution in [3.63, 3.8) is 0 Å². The summed E-state index contributed by atoms with van der Waals surface area (Å²) in [7, 11) is 0. The first-order valence-electron chi connectivity index (χ1n) is 7.67. The molecule has 5 nitrogen and oxygen atoms in total. The van der Waals surface area contributed by atoms with E-state index in [0.29, 0.717) is 5.69 Å². The molecule has 0 bridgehead atoms. The monoisotopic (exact) mass is 327 g/mol. The van der Waals surface area contributed by atoms with Crippen molar-refractivity contribution in [2.75, 3.05) is 16.0 Å². The van der Waals surface area contributed by atoms with Gasteiger partial charge in [0.2, 0.25) is 11.8 Å². The molecule has 6 heteroatoms. The zero-order valence-electron chi connectivity index (χ0n) is 13.4. The number of aryl methyl sites for hydroxylation is 2. The van der Waals surface area contributed by atoms with E-state index >= 15 is 0 Å². The number of halogens is 1. The van der Waals surface area contributed by atoms with E-state index in [1.165, 1.54) is 12.1 Å². The summed E-state index contributed by atoms with van der Waals surface area (Å²) in [6, 6.07) is 9.04. The number of nitrogens with one attached hydrogen (secondary N) is 3. The zero-order chi connectivity index (χ0) is 17.3. The Morgan fingerprint density at radius 2 is 1.83 bits per heavy atom. The number of rotatable bonds is 3. The van der Waals surface area contributed by atoms with Gasteiger partial charge < -0.3 is 16.0 Å². The molecule has 24 heavy (non-hydrogen) atoms. The number of amides is 2. The molecule has 0 aliphatic carbocycles. The highest BCUT2D eigenvalue weighted by molar-refractivity contribution is 6.06. The van der Waals surface area contributed by atoms with Crippen LogP contribution in [0.3, 0.4) is 0 Å². The molecular weight excluding hydrogens is 309 g/mol. The summed E-state index contributed by atoms with van der Waals surface area (Å²) < 4.78 is 13.6. The van der Waals surface area contributed by atoms with Crippen molar-refractivity contribution >= 4 is 28.9 Å². The van der Waals surface area contributed by atoms with Crippen LogP contribution in [0.2, 0.25) is 0 Å². The molecule has 0 unspecified atom stereocenters. The fourth-order valence-electron chi connectivity index (χ4n) is 2.61. The number of carbonyl (C=O) groups excluding carboxylic acids is 2. The summed E-state index contributed by atoms with van der Waals surface area (Å²) >= 11 is 0. The Balaban J connectivity index is 1.71. The number of hydrogen-bond acceptors (Lipinski definition) is 3. The minimum absolute atomic E-state index is 0.0907. The van der Waals surface area contributed by atoms with Crippen molar-refractivity contribution in [1.82, 2.24) is 0 Å². The number of fused-ring (bicyclic) bond motifs is 1. The van der Waals surface area contributed by atoms with E-state index in [1.807, 2.05) is 26.0 Å². The third kappa shape index (κ3) is 3.22. The average Bonchev–Trinajstić information content (AvgIpc) is 2.52. The predicted molar refractivity (Wildman–Crippen MR) is 91.6 cm³/mol. The Morgan fingerprint density at radius 1 is 1.17 bits per heavy atom. The van der Waals surface area contributed by atoms with Crippen LogP contribution in [0.25, 0.3) is 0 Å². The second-order valence-corrected chi connectivity index (χ2v) is 5.90.